The molecule has 1 fully saturated rings. The van der Waals surface area contributed by atoms with E-state index in [2.05, 4.69) is 24.1 Å². The maximum absolute atomic E-state index is 12.1. The van der Waals surface area contributed by atoms with Crippen LogP contribution in [0.2, 0.25) is 5.15 Å². The molecule has 18 heavy (non-hydrogen) atoms. The lowest BCUT2D eigenvalue weighted by Gasteiger charge is -2.10. The van der Waals surface area contributed by atoms with Gasteiger partial charge in [-0.25, -0.2) is 4.98 Å². The van der Waals surface area contributed by atoms with Crippen LogP contribution >= 0.6 is 11.6 Å². The Morgan fingerprint density at radius 2 is 2.11 bits per heavy atom. The van der Waals surface area contributed by atoms with Gasteiger partial charge in [-0.1, -0.05) is 39.3 Å². The molecule has 2 rings (SSSR count). The molecule has 1 aliphatic rings. The number of nitrogens with one attached hydrogen (secondary N) is 1. The summed E-state index contributed by atoms with van der Waals surface area (Å²) in [7, 11) is 0. The van der Waals surface area contributed by atoms with Gasteiger partial charge in [0.2, 0.25) is 0 Å². The summed E-state index contributed by atoms with van der Waals surface area (Å²) in [6.07, 6.45) is 1.04. The second-order valence-corrected chi connectivity index (χ2v) is 6.36. The van der Waals surface area contributed by atoms with Crippen molar-refractivity contribution >= 4 is 17.5 Å². The molecule has 1 unspecified atom stereocenters. The molecule has 1 N–H and O–H groups in total. The first kappa shape index (κ1) is 13.3. The summed E-state index contributed by atoms with van der Waals surface area (Å²) in [4.78, 5) is 16.3. The van der Waals surface area contributed by atoms with Gasteiger partial charge in [0.05, 0.1) is 0 Å². The topological polar surface area (TPSA) is 42.0 Å². The van der Waals surface area contributed by atoms with Crippen molar-refractivity contribution < 1.29 is 4.79 Å². The van der Waals surface area contributed by atoms with E-state index in [1.165, 1.54) is 0 Å². The predicted molar refractivity (Wildman–Crippen MR) is 73.0 cm³/mol. The second kappa shape index (κ2) is 4.54. The van der Waals surface area contributed by atoms with Gasteiger partial charge in [-0.2, -0.15) is 0 Å². The molecule has 1 amide bonds. The van der Waals surface area contributed by atoms with Crippen molar-refractivity contribution in [1.29, 1.82) is 0 Å². The number of aromatic nitrogens is 1. The van der Waals surface area contributed by atoms with Crippen LogP contribution in [-0.4, -0.2) is 16.9 Å². The van der Waals surface area contributed by atoms with Gasteiger partial charge in [-0.05, 0) is 29.9 Å². The van der Waals surface area contributed by atoms with Crippen LogP contribution in [0.25, 0.3) is 0 Å². The highest BCUT2D eigenvalue weighted by atomic mass is 35.5. The van der Waals surface area contributed by atoms with E-state index in [-0.39, 0.29) is 23.3 Å². The highest BCUT2D eigenvalue weighted by Crippen LogP contribution is 2.44. The van der Waals surface area contributed by atoms with Crippen LogP contribution in [0.3, 0.4) is 0 Å². The quantitative estimate of drug-likeness (QED) is 0.852. The molecule has 1 saturated carbocycles. The van der Waals surface area contributed by atoms with Crippen molar-refractivity contribution in [3.8, 4) is 0 Å². The van der Waals surface area contributed by atoms with Crippen molar-refractivity contribution in [2.45, 2.75) is 46.1 Å². The highest BCUT2D eigenvalue weighted by molar-refractivity contribution is 6.29. The minimum absolute atomic E-state index is 0.0585. The number of hydrogen-bond acceptors (Lipinski definition) is 2. The Morgan fingerprint density at radius 3 is 2.61 bits per heavy atom. The molecule has 1 aliphatic carbocycles. The molecule has 0 aliphatic heterocycles. The molecule has 98 valence electrons. The Balaban J connectivity index is 2.15. The third-order valence-electron chi connectivity index (χ3n) is 3.49. The van der Waals surface area contributed by atoms with E-state index < -0.39 is 0 Å². The molecule has 1 heterocycles. The zero-order valence-electron chi connectivity index (χ0n) is 11.2. The predicted octanol–water partition coefficient (Wildman–Crippen LogP) is 3.39. The maximum atomic E-state index is 12.1. The van der Waals surface area contributed by atoms with E-state index in [9.17, 15) is 4.79 Å². The molecule has 1 aromatic heterocycles. The molecule has 0 radical (unpaired) electrons. The first-order chi connectivity index (χ1) is 8.29. The lowest BCUT2D eigenvalue weighted by atomic mass is 10.1. The first-order valence-electron chi connectivity index (χ1n) is 6.28. The summed E-state index contributed by atoms with van der Waals surface area (Å²) in [5.41, 5.74) is 1.68. The third kappa shape index (κ3) is 2.83. The Morgan fingerprint density at radius 1 is 1.50 bits per heavy atom. The summed E-state index contributed by atoms with van der Waals surface area (Å²) >= 11 is 5.96. The van der Waals surface area contributed by atoms with Gasteiger partial charge in [-0.15, -0.1) is 0 Å². The van der Waals surface area contributed by atoms with Crippen molar-refractivity contribution in [2.75, 3.05) is 0 Å². The van der Waals surface area contributed by atoms with E-state index in [4.69, 9.17) is 11.6 Å². The number of carbonyl (C=O) groups is 1. The second-order valence-electron chi connectivity index (χ2n) is 5.98. The Hall–Kier alpha value is -1.09. The molecule has 0 aromatic carbocycles. The van der Waals surface area contributed by atoms with E-state index in [1.807, 2.05) is 19.9 Å². The maximum Gasteiger partial charge on any atom is 0.251 e. The number of carbonyl (C=O) groups excluding carboxylic acids is 1. The van der Waals surface area contributed by atoms with Crippen LogP contribution in [-0.2, 0) is 0 Å². The van der Waals surface area contributed by atoms with Gasteiger partial charge in [-0.3, -0.25) is 4.79 Å². The van der Waals surface area contributed by atoms with Gasteiger partial charge in [0, 0.05) is 17.3 Å². The van der Waals surface area contributed by atoms with Gasteiger partial charge in [0.15, 0.2) is 0 Å². The van der Waals surface area contributed by atoms with Crippen LogP contribution in [0.15, 0.2) is 12.1 Å². The van der Waals surface area contributed by atoms with Crippen LogP contribution in [0, 0.1) is 5.41 Å². The Bertz CT molecular complexity index is 483. The minimum atomic E-state index is -0.0585. The zero-order chi connectivity index (χ0) is 13.5. The van der Waals surface area contributed by atoms with E-state index in [1.54, 1.807) is 6.07 Å². The first-order valence-corrected chi connectivity index (χ1v) is 6.66. The third-order valence-corrected chi connectivity index (χ3v) is 3.68. The number of halogens is 1. The molecule has 0 spiro atoms. The van der Waals surface area contributed by atoms with Crippen molar-refractivity contribution in [3.05, 3.63) is 28.5 Å². The molecule has 0 saturated heterocycles. The van der Waals surface area contributed by atoms with Crippen molar-refractivity contribution in [1.82, 2.24) is 10.3 Å². The fourth-order valence-electron chi connectivity index (χ4n) is 1.90. The molecule has 0 bridgehead atoms. The fraction of sp³-hybridized carbons (Fsp3) is 0.571. The van der Waals surface area contributed by atoms with Crippen molar-refractivity contribution in [3.63, 3.8) is 0 Å². The Kier molecular flexibility index (Phi) is 3.37. The van der Waals surface area contributed by atoms with E-state index >= 15 is 0 Å². The molecular weight excluding hydrogens is 248 g/mol. The summed E-state index contributed by atoms with van der Waals surface area (Å²) in [6.45, 7) is 8.36. The van der Waals surface area contributed by atoms with Gasteiger partial charge >= 0.3 is 0 Å². The number of nitrogens with zero attached hydrogens (tertiary/aromatic N) is 1. The standard InChI is InChI=1S/C14H19ClN2O/c1-8(2)10-5-9(6-12(15)16-10)13(18)17-11-7-14(11,3)4/h5-6,8,11H,7H2,1-4H3,(H,17,18). The van der Waals surface area contributed by atoms with Crippen LogP contribution in [0.1, 0.15) is 56.1 Å². The number of pyridine rings is 1. The fourth-order valence-corrected chi connectivity index (χ4v) is 2.11. The normalized spacial score (nSPS) is 20.9. The van der Waals surface area contributed by atoms with E-state index in [0.29, 0.717) is 10.7 Å². The average Bonchev–Trinajstić information content (AvgIpc) is 2.84. The van der Waals surface area contributed by atoms with Crippen LogP contribution in [0.5, 0.6) is 0 Å². The number of hydrogen-bond donors (Lipinski definition) is 1. The number of amides is 1. The molecule has 1 atom stereocenters. The summed E-state index contributed by atoms with van der Waals surface area (Å²) in [6, 6.07) is 3.72. The van der Waals surface area contributed by atoms with Gasteiger partial charge in [0.25, 0.3) is 5.91 Å². The SMILES string of the molecule is CC(C)c1cc(C(=O)NC2CC2(C)C)cc(Cl)n1. The summed E-state index contributed by atoms with van der Waals surface area (Å²) in [5, 5.41) is 3.40. The molecule has 1 aromatic rings. The summed E-state index contributed by atoms with van der Waals surface area (Å²) in [5.74, 6) is 0.199. The highest BCUT2D eigenvalue weighted by Gasteiger charge is 2.46. The van der Waals surface area contributed by atoms with Gasteiger partial charge < -0.3 is 5.32 Å². The van der Waals surface area contributed by atoms with Crippen LogP contribution < -0.4 is 5.32 Å². The molecular formula is C14H19ClN2O. The average molecular weight is 267 g/mol. The molecule has 4 heteroatoms. The molecule has 3 nitrogen and oxygen atoms in total. The van der Waals surface area contributed by atoms with Gasteiger partial charge in [0.1, 0.15) is 5.15 Å². The number of rotatable bonds is 3. The minimum Gasteiger partial charge on any atom is -0.349 e. The smallest absolute Gasteiger partial charge is 0.251 e. The van der Waals surface area contributed by atoms with E-state index in [0.717, 1.165) is 12.1 Å². The largest absolute Gasteiger partial charge is 0.349 e. The summed E-state index contributed by atoms with van der Waals surface area (Å²) < 4.78 is 0. The van der Waals surface area contributed by atoms with Crippen molar-refractivity contribution in [2.24, 2.45) is 5.41 Å². The van der Waals surface area contributed by atoms with Crippen LogP contribution in [0.4, 0.5) is 0 Å². The lowest BCUT2D eigenvalue weighted by Crippen LogP contribution is -2.28. The Labute approximate surface area is 113 Å². The zero-order valence-corrected chi connectivity index (χ0v) is 12.0. The monoisotopic (exact) mass is 266 g/mol. The lowest BCUT2D eigenvalue weighted by molar-refractivity contribution is 0.0946.